The largest absolute Gasteiger partial charge is 0.507 e. The summed E-state index contributed by atoms with van der Waals surface area (Å²) in [6, 6.07) is 7.05. The summed E-state index contributed by atoms with van der Waals surface area (Å²) in [6.07, 6.45) is -3.18. The number of aromatic hydroxyl groups is 1. The van der Waals surface area contributed by atoms with Crippen molar-refractivity contribution in [2.45, 2.75) is 19.5 Å². The highest BCUT2D eigenvalue weighted by atomic mass is 79.9. The number of pyridine rings is 1. The molecule has 8 heteroatoms. The monoisotopic (exact) mass is 387 g/mol. The first-order valence-electron chi connectivity index (χ1n) is 6.66. The molecule has 0 spiro atoms. The van der Waals surface area contributed by atoms with Crippen LogP contribution < -0.4 is 5.43 Å². The molecular weight excluding hydrogens is 375 g/mol. The second kappa shape index (κ2) is 6.99. The molecule has 0 aliphatic rings. The molecule has 0 saturated heterocycles. The fourth-order valence-electron chi connectivity index (χ4n) is 1.82. The number of phenolic OH excluding ortho intramolecular Hbond substituents is 1. The summed E-state index contributed by atoms with van der Waals surface area (Å²) in [5, 5.41) is 14.0. The van der Waals surface area contributed by atoms with Gasteiger partial charge in [-0.25, -0.2) is 4.98 Å². The molecule has 1 heterocycles. The Labute approximate surface area is 139 Å². The molecule has 2 rings (SSSR count). The van der Waals surface area contributed by atoms with Crippen molar-refractivity contribution < 1.29 is 18.3 Å². The minimum atomic E-state index is -4.43. The molecule has 0 atom stereocenters. The van der Waals surface area contributed by atoms with Crippen molar-refractivity contribution >= 4 is 27.5 Å². The maximum Gasteiger partial charge on any atom is 0.417 e. The van der Waals surface area contributed by atoms with Gasteiger partial charge in [-0.3, -0.25) is 5.43 Å². The Morgan fingerprint density at radius 2 is 2.04 bits per heavy atom. The number of hydrogen-bond donors (Lipinski definition) is 2. The summed E-state index contributed by atoms with van der Waals surface area (Å²) in [5.41, 5.74) is 2.85. The van der Waals surface area contributed by atoms with Crippen LogP contribution in [0, 0.1) is 0 Å². The van der Waals surface area contributed by atoms with E-state index in [1.807, 2.05) is 6.92 Å². The highest BCUT2D eigenvalue weighted by Gasteiger charge is 2.30. The zero-order chi connectivity index (χ0) is 17.0. The topological polar surface area (TPSA) is 57.5 Å². The Balaban J connectivity index is 2.21. The summed E-state index contributed by atoms with van der Waals surface area (Å²) in [6.45, 7) is 1.85. The van der Waals surface area contributed by atoms with Crippen LogP contribution in [-0.4, -0.2) is 15.8 Å². The third kappa shape index (κ3) is 4.44. The molecule has 2 N–H and O–H groups in total. The van der Waals surface area contributed by atoms with Crippen molar-refractivity contribution in [2.24, 2.45) is 5.10 Å². The maximum absolute atomic E-state index is 12.5. The Hall–Kier alpha value is -2.09. The molecule has 23 heavy (non-hydrogen) atoms. The SMILES string of the molecule is CC/C(=N\Nc1ccc(C(F)(F)F)cn1)c1cc(Br)ccc1O. The fraction of sp³-hybridized carbons (Fsp3) is 0.200. The Morgan fingerprint density at radius 1 is 1.30 bits per heavy atom. The van der Waals surface area contributed by atoms with Crippen LogP contribution >= 0.6 is 15.9 Å². The average molecular weight is 388 g/mol. The van der Waals surface area contributed by atoms with E-state index < -0.39 is 11.7 Å². The van der Waals surface area contributed by atoms with Gasteiger partial charge in [0.2, 0.25) is 0 Å². The van der Waals surface area contributed by atoms with E-state index in [1.165, 1.54) is 12.1 Å². The van der Waals surface area contributed by atoms with E-state index in [2.05, 4.69) is 31.4 Å². The molecule has 4 nitrogen and oxygen atoms in total. The van der Waals surface area contributed by atoms with E-state index >= 15 is 0 Å². The van der Waals surface area contributed by atoms with E-state index in [-0.39, 0.29) is 11.6 Å². The third-order valence-corrected chi connectivity index (χ3v) is 3.49. The first-order valence-corrected chi connectivity index (χ1v) is 7.45. The van der Waals surface area contributed by atoms with Gasteiger partial charge in [-0.1, -0.05) is 22.9 Å². The van der Waals surface area contributed by atoms with Gasteiger partial charge in [-0.15, -0.1) is 0 Å². The second-order valence-corrected chi connectivity index (χ2v) is 5.53. The van der Waals surface area contributed by atoms with Gasteiger partial charge in [0.05, 0.1) is 11.3 Å². The summed E-state index contributed by atoms with van der Waals surface area (Å²) in [5.74, 6) is 0.245. The summed E-state index contributed by atoms with van der Waals surface area (Å²) < 4.78 is 38.2. The van der Waals surface area contributed by atoms with Crippen LogP contribution in [0.15, 0.2) is 46.1 Å². The predicted octanol–water partition coefficient (Wildman–Crippen LogP) is 4.79. The van der Waals surface area contributed by atoms with E-state index in [0.29, 0.717) is 17.7 Å². The molecule has 0 unspecified atom stereocenters. The molecule has 0 fully saturated rings. The van der Waals surface area contributed by atoms with Crippen molar-refractivity contribution in [3.63, 3.8) is 0 Å². The van der Waals surface area contributed by atoms with Crippen LogP contribution in [0.4, 0.5) is 19.0 Å². The molecule has 2 aromatic rings. The van der Waals surface area contributed by atoms with Crippen molar-refractivity contribution in [3.8, 4) is 5.75 Å². The highest BCUT2D eigenvalue weighted by molar-refractivity contribution is 9.10. The molecule has 0 aliphatic heterocycles. The number of rotatable bonds is 4. The zero-order valence-electron chi connectivity index (χ0n) is 12.0. The van der Waals surface area contributed by atoms with Gasteiger partial charge >= 0.3 is 6.18 Å². The number of nitrogens with one attached hydrogen (secondary N) is 1. The molecule has 0 radical (unpaired) electrons. The highest BCUT2D eigenvalue weighted by Crippen LogP contribution is 2.29. The lowest BCUT2D eigenvalue weighted by Crippen LogP contribution is -2.07. The van der Waals surface area contributed by atoms with E-state index in [0.717, 1.165) is 16.7 Å². The molecule has 1 aromatic carbocycles. The second-order valence-electron chi connectivity index (χ2n) is 4.62. The number of aromatic nitrogens is 1. The zero-order valence-corrected chi connectivity index (χ0v) is 13.6. The lowest BCUT2D eigenvalue weighted by molar-refractivity contribution is -0.137. The predicted molar refractivity (Wildman–Crippen MR) is 85.5 cm³/mol. The number of benzene rings is 1. The van der Waals surface area contributed by atoms with Crippen molar-refractivity contribution in [1.29, 1.82) is 0 Å². The average Bonchev–Trinajstić information content (AvgIpc) is 2.50. The minimum Gasteiger partial charge on any atom is -0.507 e. The summed E-state index contributed by atoms with van der Waals surface area (Å²) in [4.78, 5) is 3.68. The van der Waals surface area contributed by atoms with Crippen LogP contribution in [-0.2, 0) is 6.18 Å². The van der Waals surface area contributed by atoms with Crippen molar-refractivity contribution in [2.75, 3.05) is 5.43 Å². The van der Waals surface area contributed by atoms with Gasteiger partial charge in [0, 0.05) is 16.2 Å². The lowest BCUT2D eigenvalue weighted by Gasteiger charge is -2.09. The third-order valence-electron chi connectivity index (χ3n) is 3.00. The smallest absolute Gasteiger partial charge is 0.417 e. The van der Waals surface area contributed by atoms with Gasteiger partial charge in [0.1, 0.15) is 11.6 Å². The molecule has 0 bridgehead atoms. The maximum atomic E-state index is 12.5. The molecule has 0 amide bonds. The van der Waals surface area contributed by atoms with Crippen LogP contribution in [0.2, 0.25) is 0 Å². The minimum absolute atomic E-state index is 0.0657. The Kier molecular flexibility index (Phi) is 5.25. The standard InChI is InChI=1S/C15H13BrF3N3O/c1-2-12(11-7-10(16)4-5-13(11)23)21-22-14-6-3-9(8-20-14)15(17,18)19/h3-8,23H,2H2,1H3,(H,20,22)/b21-12+. The number of phenols is 1. The fourth-order valence-corrected chi connectivity index (χ4v) is 2.18. The van der Waals surface area contributed by atoms with Gasteiger partial charge < -0.3 is 5.11 Å². The summed E-state index contributed by atoms with van der Waals surface area (Å²) in [7, 11) is 0. The van der Waals surface area contributed by atoms with Crippen LogP contribution in [0.25, 0.3) is 0 Å². The van der Waals surface area contributed by atoms with Gasteiger partial charge in [-0.05, 0) is 36.8 Å². The molecule has 0 saturated carbocycles. The summed E-state index contributed by atoms with van der Waals surface area (Å²) >= 11 is 3.31. The molecular formula is C15H13BrF3N3O. The van der Waals surface area contributed by atoms with Crippen LogP contribution in [0.3, 0.4) is 0 Å². The van der Waals surface area contributed by atoms with E-state index in [9.17, 15) is 18.3 Å². The Morgan fingerprint density at radius 3 is 2.61 bits per heavy atom. The first kappa shape index (κ1) is 17.3. The number of alkyl halides is 3. The number of anilines is 1. The van der Waals surface area contributed by atoms with Crippen molar-refractivity contribution in [3.05, 3.63) is 52.1 Å². The lowest BCUT2D eigenvalue weighted by atomic mass is 10.1. The normalized spacial score (nSPS) is 12.3. The van der Waals surface area contributed by atoms with Crippen molar-refractivity contribution in [1.82, 2.24) is 4.98 Å². The molecule has 0 aliphatic carbocycles. The molecule has 122 valence electrons. The number of hydrazone groups is 1. The van der Waals surface area contributed by atoms with Crippen LogP contribution in [0.5, 0.6) is 5.75 Å². The number of nitrogens with zero attached hydrogens (tertiary/aromatic N) is 2. The van der Waals surface area contributed by atoms with E-state index in [4.69, 9.17) is 0 Å². The number of hydrogen-bond acceptors (Lipinski definition) is 4. The van der Waals surface area contributed by atoms with Gasteiger partial charge in [0.15, 0.2) is 0 Å². The van der Waals surface area contributed by atoms with Crippen LogP contribution in [0.1, 0.15) is 24.5 Å². The molecule has 1 aromatic heterocycles. The first-order chi connectivity index (χ1) is 10.8. The van der Waals surface area contributed by atoms with E-state index in [1.54, 1.807) is 12.1 Å². The quantitative estimate of drug-likeness (QED) is 0.585. The number of halogens is 4. The van der Waals surface area contributed by atoms with Gasteiger partial charge in [0.25, 0.3) is 0 Å². The Bertz CT molecular complexity index is 715. The van der Waals surface area contributed by atoms with Gasteiger partial charge in [-0.2, -0.15) is 18.3 Å².